The summed E-state index contributed by atoms with van der Waals surface area (Å²) in [5, 5.41) is 8.78. The molecule has 0 aliphatic heterocycles. The lowest BCUT2D eigenvalue weighted by molar-refractivity contribution is -0.139. The molecular weight excluding hydrogens is 366 g/mol. The Morgan fingerprint density at radius 1 is 0.897 bits per heavy atom. The minimum absolute atomic E-state index is 0.376. The molecule has 0 atom stereocenters. The SMILES string of the molecule is O=C(O)COc1cccc(Cc2nc(-c3ccccc3)c(-c3ccccc3)o2)c1. The number of aromatic nitrogens is 1. The minimum atomic E-state index is -1.01. The highest BCUT2D eigenvalue weighted by Gasteiger charge is 2.17. The Bertz CT molecular complexity index is 1050. The Balaban J connectivity index is 1.66. The van der Waals surface area contributed by atoms with Crippen LogP contribution in [0.3, 0.4) is 0 Å². The number of rotatable bonds is 7. The van der Waals surface area contributed by atoms with Crippen LogP contribution in [0.25, 0.3) is 22.6 Å². The summed E-state index contributed by atoms with van der Waals surface area (Å²) in [6, 6.07) is 27.1. The molecule has 0 unspecified atom stereocenters. The van der Waals surface area contributed by atoms with Crippen LogP contribution in [0.1, 0.15) is 11.5 Å². The zero-order chi connectivity index (χ0) is 20.1. The lowest BCUT2D eigenvalue weighted by Crippen LogP contribution is -2.09. The second-order valence-electron chi connectivity index (χ2n) is 6.52. The van der Waals surface area contributed by atoms with E-state index < -0.39 is 5.97 Å². The van der Waals surface area contributed by atoms with E-state index in [1.807, 2.05) is 72.8 Å². The van der Waals surface area contributed by atoms with Crippen molar-refractivity contribution in [2.75, 3.05) is 6.61 Å². The molecule has 1 aromatic heterocycles. The number of hydrogen-bond acceptors (Lipinski definition) is 4. The van der Waals surface area contributed by atoms with Crippen LogP contribution < -0.4 is 4.74 Å². The molecule has 1 N–H and O–H groups in total. The summed E-state index contributed by atoms with van der Waals surface area (Å²) in [5.41, 5.74) is 3.67. The van der Waals surface area contributed by atoms with Gasteiger partial charge in [0, 0.05) is 17.5 Å². The van der Waals surface area contributed by atoms with E-state index in [1.165, 1.54) is 0 Å². The molecule has 4 rings (SSSR count). The predicted molar refractivity (Wildman–Crippen MR) is 110 cm³/mol. The number of carbonyl (C=O) groups is 1. The average molecular weight is 385 g/mol. The molecule has 0 spiro atoms. The Hall–Kier alpha value is -3.86. The van der Waals surface area contributed by atoms with E-state index in [0.29, 0.717) is 18.1 Å². The van der Waals surface area contributed by atoms with Crippen molar-refractivity contribution in [3.05, 3.63) is 96.4 Å². The Morgan fingerprint density at radius 2 is 1.59 bits per heavy atom. The van der Waals surface area contributed by atoms with Crippen molar-refractivity contribution in [3.8, 4) is 28.3 Å². The van der Waals surface area contributed by atoms with E-state index in [0.717, 1.165) is 28.1 Å². The highest BCUT2D eigenvalue weighted by Crippen LogP contribution is 2.33. The molecule has 3 aromatic carbocycles. The smallest absolute Gasteiger partial charge is 0.341 e. The second-order valence-corrected chi connectivity index (χ2v) is 6.52. The third kappa shape index (κ3) is 4.52. The molecule has 0 radical (unpaired) electrons. The van der Waals surface area contributed by atoms with Crippen LogP contribution >= 0.6 is 0 Å². The monoisotopic (exact) mass is 385 g/mol. The number of benzene rings is 3. The van der Waals surface area contributed by atoms with Crippen molar-refractivity contribution in [2.24, 2.45) is 0 Å². The number of hydrogen-bond donors (Lipinski definition) is 1. The molecule has 0 aliphatic rings. The van der Waals surface area contributed by atoms with Crippen molar-refractivity contribution in [2.45, 2.75) is 6.42 Å². The van der Waals surface area contributed by atoms with Crippen LogP contribution in [0.15, 0.2) is 89.3 Å². The van der Waals surface area contributed by atoms with Crippen LogP contribution in [-0.4, -0.2) is 22.7 Å². The minimum Gasteiger partial charge on any atom is -0.482 e. The van der Waals surface area contributed by atoms with Gasteiger partial charge in [-0.3, -0.25) is 0 Å². The quantitative estimate of drug-likeness (QED) is 0.481. The van der Waals surface area contributed by atoms with E-state index in [4.69, 9.17) is 19.2 Å². The second kappa shape index (κ2) is 8.44. The highest BCUT2D eigenvalue weighted by atomic mass is 16.5. The van der Waals surface area contributed by atoms with Gasteiger partial charge in [0.25, 0.3) is 0 Å². The van der Waals surface area contributed by atoms with Gasteiger partial charge < -0.3 is 14.3 Å². The van der Waals surface area contributed by atoms with Gasteiger partial charge in [-0.1, -0.05) is 72.8 Å². The summed E-state index contributed by atoms with van der Waals surface area (Å²) in [5.74, 6) is 0.800. The Kier molecular flexibility index (Phi) is 5.38. The zero-order valence-electron chi connectivity index (χ0n) is 15.6. The van der Waals surface area contributed by atoms with Crippen molar-refractivity contribution in [1.29, 1.82) is 0 Å². The zero-order valence-corrected chi connectivity index (χ0v) is 15.6. The Morgan fingerprint density at radius 3 is 2.28 bits per heavy atom. The Labute approximate surface area is 168 Å². The fourth-order valence-corrected chi connectivity index (χ4v) is 3.08. The summed E-state index contributed by atoms with van der Waals surface area (Å²) in [7, 11) is 0. The van der Waals surface area contributed by atoms with Gasteiger partial charge in [-0.05, 0) is 17.7 Å². The molecule has 0 saturated heterocycles. The van der Waals surface area contributed by atoms with Gasteiger partial charge in [0.15, 0.2) is 18.3 Å². The van der Waals surface area contributed by atoms with Crippen molar-refractivity contribution < 1.29 is 19.1 Å². The van der Waals surface area contributed by atoms with Gasteiger partial charge >= 0.3 is 5.97 Å². The van der Waals surface area contributed by atoms with E-state index in [1.54, 1.807) is 12.1 Å². The molecule has 1 heterocycles. The number of carboxylic acid groups (broad SMARTS) is 1. The van der Waals surface area contributed by atoms with Crippen LogP contribution in [-0.2, 0) is 11.2 Å². The lowest BCUT2D eigenvalue weighted by atomic mass is 10.1. The first-order chi connectivity index (χ1) is 14.2. The van der Waals surface area contributed by atoms with E-state index in [9.17, 15) is 4.79 Å². The molecule has 29 heavy (non-hydrogen) atoms. The summed E-state index contributed by atoms with van der Waals surface area (Å²) in [6.45, 7) is -0.376. The number of aliphatic carboxylic acids is 1. The van der Waals surface area contributed by atoms with Gasteiger partial charge in [-0.15, -0.1) is 0 Å². The maximum atomic E-state index is 10.7. The average Bonchev–Trinajstić information content (AvgIpc) is 3.17. The molecule has 0 bridgehead atoms. The molecular formula is C24H19NO4. The maximum absolute atomic E-state index is 10.7. The maximum Gasteiger partial charge on any atom is 0.341 e. The number of ether oxygens (including phenoxy) is 1. The van der Waals surface area contributed by atoms with Gasteiger partial charge in [0.05, 0.1) is 0 Å². The molecule has 4 aromatic rings. The first-order valence-corrected chi connectivity index (χ1v) is 9.23. The van der Waals surface area contributed by atoms with Crippen molar-refractivity contribution in [3.63, 3.8) is 0 Å². The van der Waals surface area contributed by atoms with E-state index in [2.05, 4.69) is 0 Å². The van der Waals surface area contributed by atoms with Crippen LogP contribution in [0.4, 0.5) is 0 Å². The fraction of sp³-hybridized carbons (Fsp3) is 0.0833. The van der Waals surface area contributed by atoms with Gasteiger partial charge in [0.2, 0.25) is 0 Å². The largest absolute Gasteiger partial charge is 0.482 e. The summed E-state index contributed by atoms with van der Waals surface area (Å²) < 4.78 is 11.4. The third-order valence-corrected chi connectivity index (χ3v) is 4.37. The molecule has 5 heteroatoms. The molecule has 0 aliphatic carbocycles. The molecule has 0 amide bonds. The van der Waals surface area contributed by atoms with Gasteiger partial charge in [-0.25, -0.2) is 9.78 Å². The third-order valence-electron chi connectivity index (χ3n) is 4.37. The summed E-state index contributed by atoms with van der Waals surface area (Å²) >= 11 is 0. The van der Waals surface area contributed by atoms with Crippen LogP contribution in [0, 0.1) is 0 Å². The number of carboxylic acids is 1. The van der Waals surface area contributed by atoms with E-state index in [-0.39, 0.29) is 6.61 Å². The molecule has 0 saturated carbocycles. The topological polar surface area (TPSA) is 72.6 Å². The lowest BCUT2D eigenvalue weighted by Gasteiger charge is -2.04. The first kappa shape index (κ1) is 18.5. The first-order valence-electron chi connectivity index (χ1n) is 9.23. The van der Waals surface area contributed by atoms with Gasteiger partial charge in [-0.2, -0.15) is 0 Å². The summed E-state index contributed by atoms with van der Waals surface area (Å²) in [6.07, 6.45) is 0.469. The molecule has 144 valence electrons. The highest BCUT2D eigenvalue weighted by molar-refractivity contribution is 5.76. The van der Waals surface area contributed by atoms with Crippen LogP contribution in [0.2, 0.25) is 0 Å². The van der Waals surface area contributed by atoms with Crippen molar-refractivity contribution >= 4 is 5.97 Å². The van der Waals surface area contributed by atoms with E-state index >= 15 is 0 Å². The van der Waals surface area contributed by atoms with Gasteiger partial charge in [0.1, 0.15) is 11.4 Å². The fourth-order valence-electron chi connectivity index (χ4n) is 3.08. The molecule has 0 fully saturated rings. The number of nitrogens with zero attached hydrogens (tertiary/aromatic N) is 1. The van der Waals surface area contributed by atoms with Crippen molar-refractivity contribution in [1.82, 2.24) is 4.98 Å². The summed E-state index contributed by atoms with van der Waals surface area (Å²) in [4.78, 5) is 15.5. The molecule has 5 nitrogen and oxygen atoms in total. The normalized spacial score (nSPS) is 10.6. The van der Waals surface area contributed by atoms with Crippen LogP contribution in [0.5, 0.6) is 5.75 Å². The number of oxazole rings is 1. The predicted octanol–water partition coefficient (Wildman–Crippen LogP) is 5.06. The standard InChI is InChI=1S/C24H19NO4/c26-22(27)16-28-20-13-7-8-17(14-20)15-21-25-23(18-9-3-1-4-10-18)24(29-21)19-11-5-2-6-12-19/h1-14H,15-16H2,(H,26,27).